The zero-order valence-electron chi connectivity index (χ0n) is 13.2. The summed E-state index contributed by atoms with van der Waals surface area (Å²) in [6, 6.07) is 23.9. The molecule has 0 amide bonds. The fraction of sp³-hybridized carbons (Fsp3) is 0. The molecule has 0 unspecified atom stereocenters. The zero-order valence-corrected chi connectivity index (χ0v) is 13.2. The van der Waals surface area contributed by atoms with Crippen LogP contribution in [-0.2, 0) is 0 Å². The second-order valence-corrected chi connectivity index (χ2v) is 4.89. The summed E-state index contributed by atoms with van der Waals surface area (Å²) < 4.78 is 5.49. The van der Waals surface area contributed by atoms with Gasteiger partial charge in [0.15, 0.2) is 0 Å². The van der Waals surface area contributed by atoms with E-state index in [1.54, 1.807) is 60.7 Å². The van der Waals surface area contributed by atoms with E-state index < -0.39 is 11.9 Å². The highest BCUT2D eigenvalue weighted by Crippen LogP contribution is 2.24. The lowest BCUT2D eigenvalue weighted by atomic mass is 10.2. The maximum Gasteiger partial charge on any atom is 0.339 e. The quantitative estimate of drug-likeness (QED) is 0.729. The van der Waals surface area contributed by atoms with Gasteiger partial charge in [-0.05, 0) is 36.4 Å². The molecule has 0 bridgehead atoms. The normalized spacial score (nSPS) is 9.44. The maximum absolute atomic E-state index is 10.9. The van der Waals surface area contributed by atoms with Crippen molar-refractivity contribution in [2.24, 2.45) is 0 Å². The summed E-state index contributed by atoms with van der Waals surface area (Å²) in [5.74, 6) is -0.903. The Morgan fingerprint density at radius 2 is 1.16 bits per heavy atom. The monoisotopic (exact) mass is 336 g/mol. The van der Waals surface area contributed by atoms with Gasteiger partial charge in [0.05, 0.1) is 5.56 Å². The van der Waals surface area contributed by atoms with E-state index >= 15 is 0 Å². The average molecular weight is 336 g/mol. The minimum absolute atomic E-state index is 0.159. The van der Waals surface area contributed by atoms with Crippen LogP contribution >= 0.6 is 0 Å². The molecule has 0 saturated carbocycles. The van der Waals surface area contributed by atoms with Crippen molar-refractivity contribution in [3.8, 4) is 11.5 Å². The lowest BCUT2D eigenvalue weighted by Crippen LogP contribution is -1.99. The van der Waals surface area contributed by atoms with Crippen LogP contribution < -0.4 is 4.74 Å². The number of hydrogen-bond acceptors (Lipinski definition) is 3. The largest absolute Gasteiger partial charge is 0.478 e. The van der Waals surface area contributed by atoms with Crippen LogP contribution in [0.25, 0.3) is 0 Å². The SMILES string of the molecule is O=C(O)c1ccccc1.O=C(O)c1ccccc1Oc1ccccc1. The summed E-state index contributed by atoms with van der Waals surface area (Å²) >= 11 is 0. The maximum atomic E-state index is 10.9. The highest BCUT2D eigenvalue weighted by Gasteiger charge is 2.10. The summed E-state index contributed by atoms with van der Waals surface area (Å²) in [6.45, 7) is 0. The van der Waals surface area contributed by atoms with E-state index in [-0.39, 0.29) is 5.56 Å². The molecule has 0 spiro atoms. The molecule has 0 aliphatic rings. The number of rotatable bonds is 4. The van der Waals surface area contributed by atoms with Gasteiger partial charge in [-0.2, -0.15) is 0 Å². The molecular formula is C20H16O5. The Morgan fingerprint density at radius 3 is 1.68 bits per heavy atom. The Kier molecular flexibility index (Phi) is 6.31. The van der Waals surface area contributed by atoms with E-state index in [2.05, 4.69) is 0 Å². The molecule has 0 aromatic heterocycles. The topological polar surface area (TPSA) is 83.8 Å². The Balaban J connectivity index is 0.000000212. The van der Waals surface area contributed by atoms with Gasteiger partial charge in [-0.1, -0.05) is 48.5 Å². The van der Waals surface area contributed by atoms with E-state index in [1.165, 1.54) is 6.07 Å². The predicted molar refractivity (Wildman–Crippen MR) is 93.3 cm³/mol. The molecule has 2 N–H and O–H groups in total. The van der Waals surface area contributed by atoms with Crippen LogP contribution in [0.1, 0.15) is 20.7 Å². The Hall–Kier alpha value is -3.60. The van der Waals surface area contributed by atoms with Crippen molar-refractivity contribution in [3.05, 3.63) is 96.1 Å². The van der Waals surface area contributed by atoms with Gasteiger partial charge < -0.3 is 14.9 Å². The zero-order chi connectivity index (χ0) is 18.1. The summed E-state index contributed by atoms with van der Waals surface area (Å²) in [7, 11) is 0. The van der Waals surface area contributed by atoms with Crippen molar-refractivity contribution in [1.82, 2.24) is 0 Å². The van der Waals surface area contributed by atoms with Gasteiger partial charge >= 0.3 is 11.9 Å². The van der Waals surface area contributed by atoms with E-state index in [0.29, 0.717) is 17.1 Å². The van der Waals surface area contributed by atoms with Crippen LogP contribution in [0.5, 0.6) is 11.5 Å². The molecule has 3 aromatic carbocycles. The predicted octanol–water partition coefficient (Wildman–Crippen LogP) is 4.56. The molecule has 0 radical (unpaired) electrons. The third kappa shape index (κ3) is 5.51. The smallest absolute Gasteiger partial charge is 0.339 e. The molecular weight excluding hydrogens is 320 g/mol. The van der Waals surface area contributed by atoms with Crippen LogP contribution in [-0.4, -0.2) is 22.2 Å². The Morgan fingerprint density at radius 1 is 0.640 bits per heavy atom. The second kappa shape index (κ2) is 8.88. The minimum atomic E-state index is -0.994. The van der Waals surface area contributed by atoms with Crippen molar-refractivity contribution in [3.63, 3.8) is 0 Å². The number of benzene rings is 3. The Labute approximate surface area is 144 Å². The third-order valence-corrected chi connectivity index (χ3v) is 3.11. The number of hydrogen-bond donors (Lipinski definition) is 2. The van der Waals surface area contributed by atoms with E-state index in [9.17, 15) is 9.59 Å². The lowest BCUT2D eigenvalue weighted by Gasteiger charge is -2.07. The van der Waals surface area contributed by atoms with Crippen LogP contribution in [0.4, 0.5) is 0 Å². The molecule has 25 heavy (non-hydrogen) atoms. The molecule has 0 fully saturated rings. The minimum Gasteiger partial charge on any atom is -0.478 e. The number of carbonyl (C=O) groups is 2. The standard InChI is InChI=1S/C13H10O3.C7H6O2/c14-13(15)11-8-4-5-9-12(11)16-10-6-2-1-3-7-10;8-7(9)6-4-2-1-3-5-6/h1-9H,(H,14,15);1-5H,(H,8,9). The van der Waals surface area contributed by atoms with Crippen LogP contribution in [0, 0.1) is 0 Å². The summed E-state index contributed by atoms with van der Waals surface area (Å²) in [5, 5.41) is 17.3. The van der Waals surface area contributed by atoms with Gasteiger partial charge in [0.2, 0.25) is 0 Å². The second-order valence-electron chi connectivity index (χ2n) is 4.89. The molecule has 0 atom stereocenters. The number of carboxylic acids is 2. The van der Waals surface area contributed by atoms with Gasteiger partial charge in [-0.3, -0.25) is 0 Å². The lowest BCUT2D eigenvalue weighted by molar-refractivity contribution is 0.0684. The molecule has 0 saturated heterocycles. The third-order valence-electron chi connectivity index (χ3n) is 3.11. The Bertz CT molecular complexity index is 829. The molecule has 3 aromatic rings. The molecule has 0 aliphatic heterocycles. The highest BCUT2D eigenvalue weighted by atomic mass is 16.5. The van der Waals surface area contributed by atoms with Crippen LogP contribution in [0.15, 0.2) is 84.9 Å². The molecule has 0 heterocycles. The first-order valence-corrected chi connectivity index (χ1v) is 7.41. The van der Waals surface area contributed by atoms with Crippen molar-refractivity contribution >= 4 is 11.9 Å². The van der Waals surface area contributed by atoms with Crippen molar-refractivity contribution < 1.29 is 24.5 Å². The van der Waals surface area contributed by atoms with E-state index in [0.717, 1.165) is 0 Å². The van der Waals surface area contributed by atoms with E-state index in [4.69, 9.17) is 14.9 Å². The van der Waals surface area contributed by atoms with Crippen LogP contribution in [0.2, 0.25) is 0 Å². The number of ether oxygens (including phenoxy) is 1. The summed E-state index contributed by atoms with van der Waals surface area (Å²) in [5.41, 5.74) is 0.490. The fourth-order valence-electron chi connectivity index (χ4n) is 1.93. The molecule has 0 aliphatic carbocycles. The molecule has 5 heteroatoms. The molecule has 126 valence electrons. The first-order chi connectivity index (χ1) is 12.1. The average Bonchev–Trinajstić information content (AvgIpc) is 2.64. The van der Waals surface area contributed by atoms with E-state index in [1.807, 2.05) is 18.2 Å². The first-order valence-electron chi connectivity index (χ1n) is 7.41. The summed E-state index contributed by atoms with van der Waals surface area (Å²) in [4.78, 5) is 21.1. The van der Waals surface area contributed by atoms with Gasteiger partial charge in [-0.25, -0.2) is 9.59 Å². The fourth-order valence-corrected chi connectivity index (χ4v) is 1.93. The summed E-state index contributed by atoms with van der Waals surface area (Å²) in [6.07, 6.45) is 0. The number of carboxylic acid groups (broad SMARTS) is 2. The number of aromatic carboxylic acids is 2. The molecule has 3 rings (SSSR count). The highest BCUT2D eigenvalue weighted by molar-refractivity contribution is 5.91. The van der Waals surface area contributed by atoms with Crippen LogP contribution in [0.3, 0.4) is 0 Å². The first kappa shape index (κ1) is 17.7. The van der Waals surface area contributed by atoms with Gasteiger partial charge in [0.25, 0.3) is 0 Å². The van der Waals surface area contributed by atoms with Gasteiger partial charge in [0.1, 0.15) is 17.1 Å². The van der Waals surface area contributed by atoms with Gasteiger partial charge in [-0.15, -0.1) is 0 Å². The van der Waals surface area contributed by atoms with Gasteiger partial charge in [0, 0.05) is 0 Å². The van der Waals surface area contributed by atoms with Crippen molar-refractivity contribution in [2.75, 3.05) is 0 Å². The van der Waals surface area contributed by atoms with Crippen molar-refractivity contribution in [1.29, 1.82) is 0 Å². The molecule has 5 nitrogen and oxygen atoms in total. The number of para-hydroxylation sites is 2. The van der Waals surface area contributed by atoms with Crippen molar-refractivity contribution in [2.45, 2.75) is 0 Å².